The number of aromatic nitrogens is 1. The van der Waals surface area contributed by atoms with Crippen LogP contribution in [0.25, 0.3) is 11.1 Å². The van der Waals surface area contributed by atoms with Gasteiger partial charge in [0, 0.05) is 17.7 Å². The van der Waals surface area contributed by atoms with Crippen LogP contribution >= 0.6 is 0 Å². The summed E-state index contributed by atoms with van der Waals surface area (Å²) in [5, 5.41) is 6.41. The Hall–Kier alpha value is -2.95. The molecule has 3 aromatic rings. The minimum atomic E-state index is -0.245. The molecule has 0 saturated carbocycles. The van der Waals surface area contributed by atoms with Crippen molar-refractivity contribution < 1.29 is 13.7 Å². The molecule has 1 N–H and O–H groups in total. The summed E-state index contributed by atoms with van der Waals surface area (Å²) >= 11 is 0. The van der Waals surface area contributed by atoms with Crippen molar-refractivity contribution in [1.82, 2.24) is 10.5 Å². The first-order chi connectivity index (χ1) is 12.1. The Balaban J connectivity index is 1.50. The Labute approximate surface area is 145 Å². The average molecular weight is 338 g/mol. The average Bonchev–Trinajstić information content (AvgIpc) is 3.06. The summed E-state index contributed by atoms with van der Waals surface area (Å²) in [7, 11) is 0. The minimum Gasteiger partial charge on any atom is -0.351 e. The number of aryl methyl sites for hydroxylation is 2. The van der Waals surface area contributed by atoms with E-state index in [1.807, 2.05) is 30.3 Å². The van der Waals surface area contributed by atoms with Crippen molar-refractivity contribution in [3.63, 3.8) is 0 Å². The quantitative estimate of drug-likeness (QED) is 0.687. The lowest BCUT2D eigenvalue weighted by atomic mass is 10.0. The largest absolute Gasteiger partial charge is 0.351 e. The van der Waals surface area contributed by atoms with Gasteiger partial charge in [-0.15, -0.1) is 0 Å². The Morgan fingerprint density at radius 3 is 2.60 bits per heavy atom. The predicted octanol–water partition coefficient (Wildman–Crippen LogP) is 4.15. The van der Waals surface area contributed by atoms with Crippen molar-refractivity contribution in [2.75, 3.05) is 6.54 Å². The van der Waals surface area contributed by atoms with Crippen LogP contribution in [0.1, 0.15) is 28.1 Å². The number of hydrogen-bond acceptors (Lipinski definition) is 3. The summed E-state index contributed by atoms with van der Waals surface area (Å²) in [6.45, 7) is 2.33. The summed E-state index contributed by atoms with van der Waals surface area (Å²) in [6, 6.07) is 14.6. The molecule has 0 aliphatic carbocycles. The molecule has 0 aliphatic heterocycles. The number of nitrogens with one attached hydrogen (secondary N) is 1. The van der Waals surface area contributed by atoms with Gasteiger partial charge in [0.25, 0.3) is 5.91 Å². The van der Waals surface area contributed by atoms with Crippen molar-refractivity contribution in [2.24, 2.45) is 0 Å². The van der Waals surface area contributed by atoms with Crippen LogP contribution in [0.5, 0.6) is 0 Å². The molecule has 128 valence electrons. The number of rotatable bonds is 6. The molecule has 1 aromatic heterocycles. The van der Waals surface area contributed by atoms with Gasteiger partial charge in [0.1, 0.15) is 5.82 Å². The molecular weight excluding hydrogens is 319 g/mol. The van der Waals surface area contributed by atoms with E-state index >= 15 is 0 Å². The van der Waals surface area contributed by atoms with Crippen LogP contribution in [-0.2, 0) is 6.42 Å². The molecule has 3 rings (SSSR count). The number of carbonyl (C=O) groups is 1. The van der Waals surface area contributed by atoms with Crippen molar-refractivity contribution >= 4 is 5.91 Å². The lowest BCUT2D eigenvalue weighted by molar-refractivity contribution is 0.0915. The highest BCUT2D eigenvalue weighted by Crippen LogP contribution is 2.23. The van der Waals surface area contributed by atoms with E-state index in [9.17, 15) is 9.18 Å². The second-order valence-electron chi connectivity index (χ2n) is 5.87. The summed E-state index contributed by atoms with van der Waals surface area (Å²) in [5.41, 5.74) is 3.33. The van der Waals surface area contributed by atoms with E-state index in [0.29, 0.717) is 12.1 Å². The Bertz CT molecular complexity index is 856. The second-order valence-corrected chi connectivity index (χ2v) is 5.87. The Morgan fingerprint density at radius 1 is 1.16 bits per heavy atom. The topological polar surface area (TPSA) is 55.1 Å². The fourth-order valence-electron chi connectivity index (χ4n) is 2.63. The molecule has 0 unspecified atom stereocenters. The Kier molecular flexibility index (Phi) is 5.23. The molecule has 0 atom stereocenters. The van der Waals surface area contributed by atoms with Crippen LogP contribution < -0.4 is 5.32 Å². The number of carbonyl (C=O) groups excluding carboxylic acids is 1. The van der Waals surface area contributed by atoms with E-state index in [4.69, 9.17) is 4.52 Å². The standard InChI is InChI=1S/C20H19FN2O2/c1-14-13-23-25-19(14)20(24)22-12-4-5-15-8-10-16(11-9-15)17-6-2-3-7-18(17)21/h2-3,6-11,13H,4-5,12H2,1H3,(H,22,24). The van der Waals surface area contributed by atoms with Gasteiger partial charge >= 0.3 is 0 Å². The van der Waals surface area contributed by atoms with Crippen LogP contribution in [0.4, 0.5) is 4.39 Å². The van der Waals surface area contributed by atoms with Gasteiger partial charge in [-0.3, -0.25) is 4.79 Å². The monoisotopic (exact) mass is 338 g/mol. The molecule has 0 saturated heterocycles. The lowest BCUT2D eigenvalue weighted by Crippen LogP contribution is -2.24. The smallest absolute Gasteiger partial charge is 0.290 e. The zero-order valence-electron chi connectivity index (χ0n) is 14.0. The molecule has 1 amide bonds. The molecule has 0 fully saturated rings. The van der Waals surface area contributed by atoms with Crippen molar-refractivity contribution in [3.8, 4) is 11.1 Å². The Morgan fingerprint density at radius 2 is 1.92 bits per heavy atom. The van der Waals surface area contributed by atoms with Gasteiger partial charge in [0.05, 0.1) is 6.20 Å². The van der Waals surface area contributed by atoms with Gasteiger partial charge < -0.3 is 9.84 Å². The van der Waals surface area contributed by atoms with Crippen molar-refractivity contribution in [3.05, 3.63) is 77.4 Å². The fraction of sp³-hybridized carbons (Fsp3) is 0.200. The molecule has 0 radical (unpaired) electrons. The van der Waals surface area contributed by atoms with E-state index in [2.05, 4.69) is 10.5 Å². The zero-order valence-corrected chi connectivity index (χ0v) is 14.0. The summed E-state index contributed by atoms with van der Waals surface area (Å²) in [5.74, 6) is -0.209. The predicted molar refractivity (Wildman–Crippen MR) is 93.7 cm³/mol. The minimum absolute atomic E-state index is 0.222. The number of amides is 1. The van der Waals surface area contributed by atoms with Crippen LogP contribution in [0, 0.1) is 12.7 Å². The normalized spacial score (nSPS) is 10.6. The second kappa shape index (κ2) is 7.75. The maximum atomic E-state index is 13.8. The van der Waals surface area contributed by atoms with Crippen molar-refractivity contribution in [2.45, 2.75) is 19.8 Å². The van der Waals surface area contributed by atoms with Crippen LogP contribution in [0.3, 0.4) is 0 Å². The first-order valence-corrected chi connectivity index (χ1v) is 8.18. The molecule has 0 bridgehead atoms. The van der Waals surface area contributed by atoms with Crippen molar-refractivity contribution in [1.29, 1.82) is 0 Å². The number of hydrogen-bond donors (Lipinski definition) is 1. The molecule has 0 spiro atoms. The summed E-state index contributed by atoms with van der Waals surface area (Å²) < 4.78 is 18.7. The third-order valence-corrected chi connectivity index (χ3v) is 4.02. The highest BCUT2D eigenvalue weighted by atomic mass is 19.1. The molecule has 0 aliphatic rings. The number of benzene rings is 2. The van der Waals surface area contributed by atoms with Gasteiger partial charge in [-0.25, -0.2) is 4.39 Å². The summed E-state index contributed by atoms with van der Waals surface area (Å²) in [4.78, 5) is 11.9. The first kappa shape index (κ1) is 16.9. The van der Waals surface area contributed by atoms with E-state index < -0.39 is 0 Å². The van der Waals surface area contributed by atoms with Crippen LogP contribution in [-0.4, -0.2) is 17.6 Å². The van der Waals surface area contributed by atoms with E-state index in [1.54, 1.807) is 19.1 Å². The maximum absolute atomic E-state index is 13.8. The van der Waals surface area contributed by atoms with Gasteiger partial charge in [-0.1, -0.05) is 47.6 Å². The SMILES string of the molecule is Cc1cnoc1C(=O)NCCCc1ccc(-c2ccccc2F)cc1. The number of halogens is 1. The van der Waals surface area contributed by atoms with Crippen LogP contribution in [0.2, 0.25) is 0 Å². The molecule has 5 heteroatoms. The fourth-order valence-corrected chi connectivity index (χ4v) is 2.63. The highest BCUT2D eigenvalue weighted by Gasteiger charge is 2.13. The molecule has 2 aromatic carbocycles. The molecule has 1 heterocycles. The molecular formula is C20H19FN2O2. The summed E-state index contributed by atoms with van der Waals surface area (Å²) in [6.07, 6.45) is 3.15. The number of nitrogens with zero attached hydrogens (tertiary/aromatic N) is 1. The third kappa shape index (κ3) is 4.12. The van der Waals surface area contributed by atoms with Gasteiger partial charge in [0.2, 0.25) is 5.76 Å². The molecule has 25 heavy (non-hydrogen) atoms. The third-order valence-electron chi connectivity index (χ3n) is 4.02. The van der Waals surface area contributed by atoms with E-state index in [0.717, 1.165) is 29.5 Å². The zero-order chi connectivity index (χ0) is 17.6. The van der Waals surface area contributed by atoms with Gasteiger partial charge in [-0.05, 0) is 37.0 Å². The van der Waals surface area contributed by atoms with E-state index in [-0.39, 0.29) is 17.5 Å². The van der Waals surface area contributed by atoms with Gasteiger partial charge in [0.15, 0.2) is 0 Å². The first-order valence-electron chi connectivity index (χ1n) is 8.18. The highest BCUT2D eigenvalue weighted by molar-refractivity contribution is 5.92. The van der Waals surface area contributed by atoms with Crippen LogP contribution in [0.15, 0.2) is 59.3 Å². The molecule has 4 nitrogen and oxygen atoms in total. The lowest BCUT2D eigenvalue weighted by Gasteiger charge is -2.06. The van der Waals surface area contributed by atoms with E-state index in [1.165, 1.54) is 12.3 Å². The maximum Gasteiger partial charge on any atom is 0.290 e. The van der Waals surface area contributed by atoms with Gasteiger partial charge in [-0.2, -0.15) is 0 Å².